The molecule has 0 aromatic heterocycles. The lowest BCUT2D eigenvalue weighted by molar-refractivity contribution is -0.168. The monoisotopic (exact) mass is 429 g/mol. The van der Waals surface area contributed by atoms with Crippen molar-refractivity contribution in [3.05, 3.63) is 71.3 Å². The number of ether oxygens (including phenoxy) is 2. The van der Waals surface area contributed by atoms with Gasteiger partial charge in [-0.2, -0.15) is 0 Å². The Hall–Kier alpha value is -2.31. The minimum atomic E-state index is -0.539. The summed E-state index contributed by atoms with van der Waals surface area (Å²) in [5.41, 5.74) is 1.52. The van der Waals surface area contributed by atoms with Crippen LogP contribution in [0.25, 0.3) is 0 Å². The fourth-order valence-corrected chi connectivity index (χ4v) is 4.98. The van der Waals surface area contributed by atoms with Crippen LogP contribution in [-0.2, 0) is 14.3 Å². The van der Waals surface area contributed by atoms with E-state index >= 15 is 0 Å². The van der Waals surface area contributed by atoms with Gasteiger partial charge in [0.15, 0.2) is 0 Å². The molecule has 31 heavy (non-hydrogen) atoms. The van der Waals surface area contributed by atoms with Gasteiger partial charge in [-0.25, -0.2) is 8.78 Å². The molecule has 0 N–H and O–H groups in total. The fourth-order valence-electron chi connectivity index (χ4n) is 4.98. The molecule has 0 saturated carbocycles. The van der Waals surface area contributed by atoms with Crippen molar-refractivity contribution in [1.82, 2.24) is 4.90 Å². The predicted octanol–water partition coefficient (Wildman–Crippen LogP) is 4.87. The number of halogens is 2. The molecule has 2 aliphatic rings. The van der Waals surface area contributed by atoms with Crippen LogP contribution in [0.3, 0.4) is 0 Å². The van der Waals surface area contributed by atoms with E-state index in [9.17, 15) is 13.6 Å². The molecule has 6 heteroatoms. The van der Waals surface area contributed by atoms with Gasteiger partial charge in [0.25, 0.3) is 0 Å². The smallest absolute Gasteiger partial charge is 0.313 e. The molecule has 2 heterocycles. The molecule has 2 bridgehead atoms. The summed E-state index contributed by atoms with van der Waals surface area (Å²) in [5, 5.41) is 0. The van der Waals surface area contributed by atoms with Gasteiger partial charge in [-0.05, 0) is 75.5 Å². The van der Waals surface area contributed by atoms with Gasteiger partial charge in [-0.3, -0.25) is 9.69 Å². The minimum Gasteiger partial charge on any atom is -0.463 e. The standard InChI is InChI=1S/C25H29F2NO3/c1-15(2)30-25(29)23-21-13-12-20(28(21)3)14-22(23)31-24(16-4-8-18(26)9-5-16)17-6-10-19(27)11-7-17/h4-11,15,20-24H,12-14H2,1-3H3. The summed E-state index contributed by atoms with van der Waals surface area (Å²) in [6, 6.07) is 12.7. The zero-order chi connectivity index (χ0) is 22.1. The lowest BCUT2D eigenvalue weighted by atomic mass is 9.87. The number of carbonyl (C=O) groups excluding carboxylic acids is 1. The largest absolute Gasteiger partial charge is 0.463 e. The highest BCUT2D eigenvalue weighted by molar-refractivity contribution is 5.74. The van der Waals surface area contributed by atoms with Crippen LogP contribution in [0.1, 0.15) is 50.3 Å². The molecule has 2 aliphatic heterocycles. The van der Waals surface area contributed by atoms with Crippen molar-refractivity contribution in [2.75, 3.05) is 7.05 Å². The van der Waals surface area contributed by atoms with E-state index in [4.69, 9.17) is 9.47 Å². The summed E-state index contributed by atoms with van der Waals surface area (Å²) in [7, 11) is 2.06. The van der Waals surface area contributed by atoms with Crippen LogP contribution in [-0.4, -0.2) is 42.2 Å². The lowest BCUT2D eigenvalue weighted by Crippen LogP contribution is -2.53. The normalized spacial score (nSPS) is 25.9. The van der Waals surface area contributed by atoms with Crippen LogP contribution in [0.2, 0.25) is 0 Å². The van der Waals surface area contributed by atoms with Crippen molar-refractivity contribution in [2.45, 2.75) is 63.5 Å². The third kappa shape index (κ3) is 4.65. The average Bonchev–Trinajstić information content (AvgIpc) is 2.96. The first-order valence-corrected chi connectivity index (χ1v) is 10.9. The molecule has 0 spiro atoms. The zero-order valence-corrected chi connectivity index (χ0v) is 18.1. The Kier molecular flexibility index (Phi) is 6.39. The number of rotatable bonds is 6. The highest BCUT2D eigenvalue weighted by Gasteiger charge is 2.50. The summed E-state index contributed by atoms with van der Waals surface area (Å²) in [6.07, 6.45) is 1.57. The SMILES string of the molecule is CC(C)OC(=O)C1C(OC(c2ccc(F)cc2)c2ccc(F)cc2)CC2CCC1N2C. The van der Waals surface area contributed by atoms with Crippen molar-refractivity contribution in [3.63, 3.8) is 0 Å². The van der Waals surface area contributed by atoms with E-state index in [0.717, 1.165) is 24.0 Å². The van der Waals surface area contributed by atoms with Crippen LogP contribution in [0.5, 0.6) is 0 Å². The lowest BCUT2D eigenvalue weighted by Gasteiger charge is -2.42. The Morgan fingerprint density at radius 1 is 0.968 bits per heavy atom. The van der Waals surface area contributed by atoms with Crippen molar-refractivity contribution >= 4 is 5.97 Å². The maximum absolute atomic E-state index is 13.6. The van der Waals surface area contributed by atoms with Gasteiger partial charge < -0.3 is 9.47 Å². The van der Waals surface area contributed by atoms with E-state index in [1.165, 1.54) is 24.3 Å². The molecular weight excluding hydrogens is 400 g/mol. The van der Waals surface area contributed by atoms with Crippen molar-refractivity contribution in [3.8, 4) is 0 Å². The number of hydrogen-bond acceptors (Lipinski definition) is 4. The van der Waals surface area contributed by atoms with E-state index in [1.807, 2.05) is 13.8 Å². The van der Waals surface area contributed by atoms with Gasteiger partial charge in [0, 0.05) is 12.1 Å². The summed E-state index contributed by atoms with van der Waals surface area (Å²) in [5.74, 6) is -1.32. The molecule has 4 rings (SSSR count). The molecule has 0 radical (unpaired) electrons. The first-order valence-electron chi connectivity index (χ1n) is 10.9. The van der Waals surface area contributed by atoms with Gasteiger partial charge in [0.1, 0.15) is 17.7 Å². The van der Waals surface area contributed by atoms with Crippen LogP contribution in [0.4, 0.5) is 8.78 Å². The first-order chi connectivity index (χ1) is 14.8. The average molecular weight is 430 g/mol. The number of hydrogen-bond donors (Lipinski definition) is 0. The van der Waals surface area contributed by atoms with Crippen molar-refractivity contribution in [1.29, 1.82) is 0 Å². The van der Waals surface area contributed by atoms with Crippen molar-refractivity contribution < 1.29 is 23.0 Å². The van der Waals surface area contributed by atoms with E-state index in [0.29, 0.717) is 12.5 Å². The summed E-state index contributed by atoms with van der Waals surface area (Å²) < 4.78 is 39.3. The molecule has 2 saturated heterocycles. The number of esters is 1. The maximum atomic E-state index is 13.6. The second-order valence-corrected chi connectivity index (χ2v) is 8.87. The molecule has 4 nitrogen and oxygen atoms in total. The van der Waals surface area contributed by atoms with Crippen molar-refractivity contribution in [2.24, 2.45) is 5.92 Å². The number of benzene rings is 2. The van der Waals surface area contributed by atoms with E-state index in [2.05, 4.69) is 11.9 Å². The summed E-state index contributed by atoms with van der Waals surface area (Å²) in [4.78, 5) is 15.3. The summed E-state index contributed by atoms with van der Waals surface area (Å²) in [6.45, 7) is 3.69. The number of piperidine rings is 1. The van der Waals surface area contributed by atoms with Gasteiger partial charge >= 0.3 is 5.97 Å². The molecule has 2 fully saturated rings. The second-order valence-electron chi connectivity index (χ2n) is 8.87. The highest BCUT2D eigenvalue weighted by atomic mass is 19.1. The topological polar surface area (TPSA) is 38.8 Å². The number of carbonyl (C=O) groups is 1. The van der Waals surface area contributed by atoms with Gasteiger partial charge in [-0.1, -0.05) is 24.3 Å². The molecule has 0 aliphatic carbocycles. The Balaban J connectivity index is 1.67. The van der Waals surface area contributed by atoms with Crippen LogP contribution in [0.15, 0.2) is 48.5 Å². The molecular formula is C25H29F2NO3. The van der Waals surface area contributed by atoms with E-state index in [1.54, 1.807) is 24.3 Å². The molecule has 4 atom stereocenters. The Morgan fingerprint density at radius 3 is 2.03 bits per heavy atom. The van der Waals surface area contributed by atoms with E-state index in [-0.39, 0.29) is 35.9 Å². The van der Waals surface area contributed by atoms with Crippen LogP contribution >= 0.6 is 0 Å². The highest BCUT2D eigenvalue weighted by Crippen LogP contribution is 2.42. The molecule has 0 amide bonds. The second kappa shape index (κ2) is 9.05. The number of fused-ring (bicyclic) bond motifs is 2. The van der Waals surface area contributed by atoms with E-state index < -0.39 is 12.0 Å². The van der Waals surface area contributed by atoms with Crippen LogP contribution in [0, 0.1) is 17.6 Å². The van der Waals surface area contributed by atoms with Crippen LogP contribution < -0.4 is 0 Å². The third-order valence-electron chi connectivity index (χ3n) is 6.49. The molecule has 4 unspecified atom stereocenters. The molecule has 166 valence electrons. The maximum Gasteiger partial charge on any atom is 0.313 e. The Bertz CT molecular complexity index is 854. The fraction of sp³-hybridized carbons (Fsp3) is 0.480. The third-order valence-corrected chi connectivity index (χ3v) is 6.49. The number of nitrogens with zero attached hydrogens (tertiary/aromatic N) is 1. The minimum absolute atomic E-state index is 0.0667. The van der Waals surface area contributed by atoms with Gasteiger partial charge in [0.05, 0.1) is 18.1 Å². The van der Waals surface area contributed by atoms with Gasteiger partial charge in [-0.15, -0.1) is 0 Å². The van der Waals surface area contributed by atoms with Gasteiger partial charge in [0.2, 0.25) is 0 Å². The predicted molar refractivity (Wildman–Crippen MR) is 113 cm³/mol. The Labute approximate surface area is 182 Å². The quantitative estimate of drug-likeness (QED) is 0.614. The molecule has 2 aromatic rings. The molecule has 2 aromatic carbocycles. The zero-order valence-electron chi connectivity index (χ0n) is 18.1. The summed E-state index contributed by atoms with van der Waals surface area (Å²) >= 11 is 0. The Morgan fingerprint density at radius 2 is 1.52 bits per heavy atom. The first kappa shape index (κ1) is 21.9.